The standard InChI is InChI=1S/C16H16BrF2NO2S/c1-11(12-4-7-15(18)8-5-12)20(2)23(21,22)10-13-3-6-14(17)9-16(13)19/h3-9,11H,10H2,1-2H3. The molecule has 2 aromatic rings. The van der Waals surface area contributed by atoms with E-state index in [2.05, 4.69) is 15.9 Å². The van der Waals surface area contributed by atoms with E-state index >= 15 is 0 Å². The normalized spacial score (nSPS) is 13.3. The minimum Gasteiger partial charge on any atom is -0.212 e. The fourth-order valence-electron chi connectivity index (χ4n) is 2.13. The lowest BCUT2D eigenvalue weighted by Gasteiger charge is -2.25. The van der Waals surface area contributed by atoms with Gasteiger partial charge in [-0.25, -0.2) is 17.2 Å². The highest BCUT2D eigenvalue weighted by molar-refractivity contribution is 9.10. The molecule has 0 N–H and O–H groups in total. The number of sulfonamides is 1. The van der Waals surface area contributed by atoms with E-state index < -0.39 is 27.6 Å². The highest BCUT2D eigenvalue weighted by Gasteiger charge is 2.25. The molecule has 23 heavy (non-hydrogen) atoms. The first-order valence-electron chi connectivity index (χ1n) is 6.86. The summed E-state index contributed by atoms with van der Waals surface area (Å²) in [5.74, 6) is -1.40. The zero-order valence-corrected chi connectivity index (χ0v) is 15.0. The van der Waals surface area contributed by atoms with Gasteiger partial charge in [0.1, 0.15) is 11.6 Å². The Morgan fingerprint density at radius 2 is 1.74 bits per heavy atom. The third kappa shape index (κ3) is 4.37. The van der Waals surface area contributed by atoms with Crippen LogP contribution < -0.4 is 0 Å². The third-order valence-electron chi connectivity index (χ3n) is 3.69. The van der Waals surface area contributed by atoms with E-state index in [1.807, 2.05) is 0 Å². The van der Waals surface area contributed by atoms with Crippen molar-refractivity contribution >= 4 is 26.0 Å². The Kier molecular flexibility index (Phi) is 5.54. The van der Waals surface area contributed by atoms with Crippen molar-refractivity contribution in [2.75, 3.05) is 7.05 Å². The largest absolute Gasteiger partial charge is 0.218 e. The van der Waals surface area contributed by atoms with E-state index in [9.17, 15) is 17.2 Å². The van der Waals surface area contributed by atoms with Gasteiger partial charge in [-0.3, -0.25) is 0 Å². The summed E-state index contributed by atoms with van der Waals surface area (Å²) in [5.41, 5.74) is 0.764. The summed E-state index contributed by atoms with van der Waals surface area (Å²) < 4.78 is 53.5. The lowest BCUT2D eigenvalue weighted by atomic mass is 10.1. The summed E-state index contributed by atoms with van der Waals surface area (Å²) >= 11 is 3.13. The SMILES string of the molecule is CC(c1ccc(F)cc1)N(C)S(=O)(=O)Cc1ccc(Br)cc1F. The summed E-state index contributed by atoms with van der Waals surface area (Å²) in [6.07, 6.45) is 0. The molecule has 0 fully saturated rings. The molecule has 0 bridgehead atoms. The van der Waals surface area contributed by atoms with Crippen LogP contribution in [-0.4, -0.2) is 19.8 Å². The Hall–Kier alpha value is -1.31. The first-order valence-corrected chi connectivity index (χ1v) is 9.26. The number of hydrogen-bond donors (Lipinski definition) is 0. The maximum absolute atomic E-state index is 13.9. The monoisotopic (exact) mass is 403 g/mol. The molecular formula is C16H16BrF2NO2S. The Morgan fingerprint density at radius 1 is 1.13 bits per heavy atom. The Balaban J connectivity index is 2.22. The lowest BCUT2D eigenvalue weighted by Crippen LogP contribution is -2.31. The maximum Gasteiger partial charge on any atom is 0.218 e. The van der Waals surface area contributed by atoms with Gasteiger partial charge in [0.15, 0.2) is 0 Å². The van der Waals surface area contributed by atoms with Gasteiger partial charge in [-0.05, 0) is 36.8 Å². The number of benzene rings is 2. The molecule has 7 heteroatoms. The predicted molar refractivity (Wildman–Crippen MR) is 89.3 cm³/mol. The first kappa shape index (κ1) is 18.0. The molecule has 0 heterocycles. The van der Waals surface area contributed by atoms with Gasteiger partial charge in [-0.2, -0.15) is 4.31 Å². The van der Waals surface area contributed by atoms with Gasteiger partial charge in [-0.15, -0.1) is 0 Å². The quantitative estimate of drug-likeness (QED) is 0.747. The number of halogens is 3. The molecule has 2 aromatic carbocycles. The van der Waals surface area contributed by atoms with Crippen molar-refractivity contribution in [1.29, 1.82) is 0 Å². The molecule has 1 atom stereocenters. The van der Waals surface area contributed by atoms with Gasteiger partial charge in [-0.1, -0.05) is 34.1 Å². The molecule has 0 spiro atoms. The average Bonchev–Trinajstić information content (AvgIpc) is 2.49. The smallest absolute Gasteiger partial charge is 0.212 e. The molecular weight excluding hydrogens is 388 g/mol. The van der Waals surface area contributed by atoms with Crippen molar-refractivity contribution in [3.63, 3.8) is 0 Å². The summed E-state index contributed by atoms with van der Waals surface area (Å²) in [5, 5.41) is 0. The van der Waals surface area contributed by atoms with Crippen LogP contribution >= 0.6 is 15.9 Å². The van der Waals surface area contributed by atoms with Crippen LogP contribution in [0, 0.1) is 11.6 Å². The zero-order valence-electron chi connectivity index (χ0n) is 12.6. The van der Waals surface area contributed by atoms with Crippen molar-refractivity contribution in [2.24, 2.45) is 0 Å². The van der Waals surface area contributed by atoms with E-state index in [0.717, 1.165) is 0 Å². The topological polar surface area (TPSA) is 37.4 Å². The van der Waals surface area contributed by atoms with Crippen LogP contribution in [0.5, 0.6) is 0 Å². The van der Waals surface area contributed by atoms with Crippen molar-refractivity contribution < 1.29 is 17.2 Å². The molecule has 0 radical (unpaired) electrons. The van der Waals surface area contributed by atoms with Gasteiger partial charge < -0.3 is 0 Å². The number of hydrogen-bond acceptors (Lipinski definition) is 2. The summed E-state index contributed by atoms with van der Waals surface area (Å²) in [6, 6.07) is 9.40. The van der Waals surface area contributed by atoms with Crippen LogP contribution in [0.25, 0.3) is 0 Å². The van der Waals surface area contributed by atoms with E-state index in [1.165, 1.54) is 47.8 Å². The summed E-state index contributed by atoms with van der Waals surface area (Å²) in [4.78, 5) is 0. The molecule has 124 valence electrons. The minimum atomic E-state index is -3.72. The average molecular weight is 404 g/mol. The van der Waals surface area contributed by atoms with Crippen molar-refractivity contribution in [3.8, 4) is 0 Å². The van der Waals surface area contributed by atoms with Gasteiger partial charge in [0.2, 0.25) is 10.0 Å². The molecule has 0 amide bonds. The molecule has 1 unspecified atom stereocenters. The molecule has 0 saturated heterocycles. The third-order valence-corrected chi connectivity index (χ3v) is 6.05. The number of rotatable bonds is 5. The molecule has 3 nitrogen and oxygen atoms in total. The highest BCUT2D eigenvalue weighted by atomic mass is 79.9. The first-order chi connectivity index (χ1) is 10.7. The van der Waals surface area contributed by atoms with Gasteiger partial charge in [0.05, 0.1) is 5.75 Å². The molecule has 0 aliphatic heterocycles. The van der Waals surface area contributed by atoms with Crippen LogP contribution in [-0.2, 0) is 15.8 Å². The van der Waals surface area contributed by atoms with Crippen LogP contribution in [0.3, 0.4) is 0 Å². The van der Waals surface area contributed by atoms with Crippen molar-refractivity contribution in [1.82, 2.24) is 4.31 Å². The molecule has 0 aromatic heterocycles. The Labute approximate surface area is 143 Å². The molecule has 0 aliphatic carbocycles. The van der Waals surface area contributed by atoms with Crippen LogP contribution in [0.15, 0.2) is 46.9 Å². The van der Waals surface area contributed by atoms with Crippen LogP contribution in [0.4, 0.5) is 8.78 Å². The van der Waals surface area contributed by atoms with Crippen molar-refractivity contribution in [3.05, 3.63) is 69.7 Å². The van der Waals surface area contributed by atoms with Crippen LogP contribution in [0.1, 0.15) is 24.1 Å². The van der Waals surface area contributed by atoms with Crippen molar-refractivity contribution in [2.45, 2.75) is 18.7 Å². The summed E-state index contributed by atoms with van der Waals surface area (Å²) in [7, 11) is -2.29. The van der Waals surface area contributed by atoms with E-state index in [0.29, 0.717) is 10.0 Å². The van der Waals surface area contributed by atoms with Gasteiger partial charge >= 0.3 is 0 Å². The van der Waals surface area contributed by atoms with Crippen LogP contribution in [0.2, 0.25) is 0 Å². The van der Waals surface area contributed by atoms with E-state index in [1.54, 1.807) is 13.0 Å². The number of nitrogens with zero attached hydrogens (tertiary/aromatic N) is 1. The maximum atomic E-state index is 13.9. The molecule has 0 aliphatic rings. The molecule has 2 rings (SSSR count). The fourth-order valence-corrected chi connectivity index (χ4v) is 3.90. The Bertz CT molecular complexity index is 794. The minimum absolute atomic E-state index is 0.103. The molecule has 0 saturated carbocycles. The second-order valence-corrected chi connectivity index (χ2v) is 8.18. The predicted octanol–water partition coefficient (Wildman–Crippen LogP) is 4.25. The Morgan fingerprint density at radius 3 is 2.30 bits per heavy atom. The second-order valence-electron chi connectivity index (χ2n) is 5.24. The lowest BCUT2D eigenvalue weighted by molar-refractivity contribution is 0.397. The highest BCUT2D eigenvalue weighted by Crippen LogP contribution is 2.25. The van der Waals surface area contributed by atoms with E-state index in [-0.39, 0.29) is 11.4 Å². The zero-order chi connectivity index (χ0) is 17.2. The fraction of sp³-hybridized carbons (Fsp3) is 0.250. The second kappa shape index (κ2) is 7.07. The van der Waals surface area contributed by atoms with Gasteiger partial charge in [0, 0.05) is 23.1 Å². The summed E-state index contributed by atoms with van der Waals surface area (Å²) in [6.45, 7) is 1.70. The van der Waals surface area contributed by atoms with Gasteiger partial charge in [0.25, 0.3) is 0 Å². The van der Waals surface area contributed by atoms with E-state index in [4.69, 9.17) is 0 Å².